The predicted octanol–water partition coefficient (Wildman–Crippen LogP) is 3.98. The largest absolute Gasteiger partial charge is 0.376 e. The maximum Gasteiger partial charge on any atom is 0.161 e. The summed E-state index contributed by atoms with van der Waals surface area (Å²) in [6.07, 6.45) is 0. The molecule has 0 amide bonds. The highest BCUT2D eigenvalue weighted by molar-refractivity contribution is 9.10. The minimum Gasteiger partial charge on any atom is -0.376 e. The van der Waals surface area contributed by atoms with Crippen molar-refractivity contribution in [2.24, 2.45) is 5.73 Å². The first-order valence-corrected chi connectivity index (χ1v) is 6.67. The van der Waals surface area contributed by atoms with E-state index in [1.54, 1.807) is 18.2 Å². The van der Waals surface area contributed by atoms with E-state index in [1.807, 2.05) is 6.07 Å². The van der Waals surface area contributed by atoms with Gasteiger partial charge in [-0.2, -0.15) is 0 Å². The number of nitrogens with one attached hydrogen (secondary N) is 1. The number of halogens is 4. The van der Waals surface area contributed by atoms with Crippen LogP contribution in [0.3, 0.4) is 0 Å². The van der Waals surface area contributed by atoms with Crippen molar-refractivity contribution in [3.05, 3.63) is 63.9 Å². The van der Waals surface area contributed by atoms with Crippen LogP contribution in [0.25, 0.3) is 0 Å². The number of rotatable bonds is 4. The number of anilines is 1. The SMILES string of the molecule is NCC(Nc1ccccc1Br)c1cc(F)c(F)cc1F. The van der Waals surface area contributed by atoms with Gasteiger partial charge in [-0.05, 0) is 34.1 Å². The highest BCUT2D eigenvalue weighted by Crippen LogP contribution is 2.28. The third-order valence-electron chi connectivity index (χ3n) is 2.85. The molecule has 6 heteroatoms. The van der Waals surface area contributed by atoms with E-state index in [4.69, 9.17) is 5.73 Å². The van der Waals surface area contributed by atoms with E-state index in [9.17, 15) is 13.2 Å². The molecule has 0 aliphatic carbocycles. The van der Waals surface area contributed by atoms with Crippen molar-refractivity contribution < 1.29 is 13.2 Å². The van der Waals surface area contributed by atoms with Crippen LogP contribution in [0.4, 0.5) is 18.9 Å². The Morgan fingerprint density at radius 3 is 2.35 bits per heavy atom. The fourth-order valence-electron chi connectivity index (χ4n) is 1.83. The summed E-state index contributed by atoms with van der Waals surface area (Å²) >= 11 is 3.34. The molecule has 2 aromatic rings. The zero-order valence-electron chi connectivity index (χ0n) is 10.3. The number of hydrogen-bond acceptors (Lipinski definition) is 2. The van der Waals surface area contributed by atoms with Crippen LogP contribution >= 0.6 is 15.9 Å². The standard InChI is InChI=1S/C14H12BrF3N2/c15-9-3-1-2-4-13(9)20-14(7-19)8-5-11(17)12(18)6-10(8)16/h1-6,14,20H,7,19H2. The van der Waals surface area contributed by atoms with E-state index in [0.29, 0.717) is 11.8 Å². The van der Waals surface area contributed by atoms with Crippen molar-refractivity contribution in [3.8, 4) is 0 Å². The molecule has 2 aromatic carbocycles. The summed E-state index contributed by atoms with van der Waals surface area (Å²) in [6.45, 7) is 0.0311. The lowest BCUT2D eigenvalue weighted by atomic mass is 10.1. The van der Waals surface area contributed by atoms with Crippen LogP contribution in [0.5, 0.6) is 0 Å². The Balaban J connectivity index is 2.34. The molecular formula is C14H12BrF3N2. The molecule has 0 bridgehead atoms. The van der Waals surface area contributed by atoms with Crippen LogP contribution in [-0.2, 0) is 0 Å². The molecule has 0 aliphatic heterocycles. The summed E-state index contributed by atoms with van der Waals surface area (Å²) in [5, 5.41) is 3.00. The first-order valence-electron chi connectivity index (χ1n) is 5.88. The predicted molar refractivity (Wildman–Crippen MR) is 75.9 cm³/mol. The summed E-state index contributed by atoms with van der Waals surface area (Å²) < 4.78 is 40.7. The average molecular weight is 345 g/mol. The van der Waals surface area contributed by atoms with E-state index in [-0.39, 0.29) is 12.1 Å². The molecule has 1 atom stereocenters. The van der Waals surface area contributed by atoms with Crippen LogP contribution in [0.15, 0.2) is 40.9 Å². The Labute approximate surface area is 122 Å². The van der Waals surface area contributed by atoms with Gasteiger partial charge in [-0.25, -0.2) is 13.2 Å². The Morgan fingerprint density at radius 1 is 1.05 bits per heavy atom. The summed E-state index contributed by atoms with van der Waals surface area (Å²) in [6, 6.07) is 7.87. The fraction of sp³-hybridized carbons (Fsp3) is 0.143. The maximum atomic E-state index is 13.8. The molecule has 3 N–H and O–H groups in total. The fourth-order valence-corrected chi connectivity index (χ4v) is 2.23. The first-order chi connectivity index (χ1) is 9.52. The third kappa shape index (κ3) is 3.13. The van der Waals surface area contributed by atoms with Gasteiger partial charge in [-0.15, -0.1) is 0 Å². The smallest absolute Gasteiger partial charge is 0.161 e. The van der Waals surface area contributed by atoms with Gasteiger partial charge < -0.3 is 11.1 Å². The number of benzene rings is 2. The average Bonchev–Trinajstić information content (AvgIpc) is 2.42. The van der Waals surface area contributed by atoms with Gasteiger partial charge in [0.1, 0.15) is 5.82 Å². The molecule has 2 rings (SSSR count). The topological polar surface area (TPSA) is 38.0 Å². The Morgan fingerprint density at radius 2 is 1.70 bits per heavy atom. The number of hydrogen-bond donors (Lipinski definition) is 2. The Kier molecular flexibility index (Phi) is 4.67. The van der Waals surface area contributed by atoms with Crippen LogP contribution in [-0.4, -0.2) is 6.54 Å². The third-order valence-corrected chi connectivity index (χ3v) is 3.55. The lowest BCUT2D eigenvalue weighted by molar-refractivity contribution is 0.486. The Bertz CT molecular complexity index is 619. The molecule has 0 saturated carbocycles. The van der Waals surface area contributed by atoms with Crippen molar-refractivity contribution in [1.82, 2.24) is 0 Å². The van der Waals surface area contributed by atoms with E-state index in [2.05, 4.69) is 21.2 Å². The van der Waals surface area contributed by atoms with Crippen molar-refractivity contribution in [2.45, 2.75) is 6.04 Å². The molecule has 106 valence electrons. The molecule has 2 nitrogen and oxygen atoms in total. The lowest BCUT2D eigenvalue weighted by Crippen LogP contribution is -2.22. The van der Waals surface area contributed by atoms with Gasteiger partial charge in [0, 0.05) is 28.3 Å². The highest BCUT2D eigenvalue weighted by atomic mass is 79.9. The molecule has 0 radical (unpaired) electrons. The quantitative estimate of drug-likeness (QED) is 0.823. The summed E-state index contributed by atoms with van der Waals surface area (Å²) in [5.41, 5.74) is 6.27. The van der Waals surface area contributed by atoms with E-state index in [0.717, 1.165) is 10.5 Å². The van der Waals surface area contributed by atoms with Crippen LogP contribution in [0.2, 0.25) is 0 Å². The van der Waals surface area contributed by atoms with Gasteiger partial charge in [0.15, 0.2) is 11.6 Å². The highest BCUT2D eigenvalue weighted by Gasteiger charge is 2.18. The Hall–Kier alpha value is -1.53. The molecule has 0 fully saturated rings. The molecule has 0 aromatic heterocycles. The zero-order chi connectivity index (χ0) is 14.7. The maximum absolute atomic E-state index is 13.8. The van der Waals surface area contributed by atoms with Crippen molar-refractivity contribution in [2.75, 3.05) is 11.9 Å². The zero-order valence-corrected chi connectivity index (χ0v) is 11.9. The minimum atomic E-state index is -1.22. The molecule has 1 unspecified atom stereocenters. The van der Waals surface area contributed by atoms with E-state index in [1.165, 1.54) is 0 Å². The van der Waals surface area contributed by atoms with Crippen LogP contribution in [0, 0.1) is 17.5 Å². The number of para-hydroxylation sites is 1. The van der Waals surface area contributed by atoms with E-state index < -0.39 is 23.5 Å². The first kappa shape index (κ1) is 14.9. The van der Waals surface area contributed by atoms with Gasteiger partial charge >= 0.3 is 0 Å². The van der Waals surface area contributed by atoms with Crippen molar-refractivity contribution >= 4 is 21.6 Å². The van der Waals surface area contributed by atoms with Gasteiger partial charge in [0.2, 0.25) is 0 Å². The summed E-state index contributed by atoms with van der Waals surface area (Å²) in [4.78, 5) is 0. The molecular weight excluding hydrogens is 333 g/mol. The monoisotopic (exact) mass is 344 g/mol. The summed E-state index contributed by atoms with van der Waals surface area (Å²) in [5.74, 6) is -3.16. The number of nitrogens with two attached hydrogens (primary N) is 1. The van der Waals surface area contributed by atoms with Gasteiger partial charge in [-0.1, -0.05) is 12.1 Å². The normalized spacial score (nSPS) is 12.2. The van der Waals surface area contributed by atoms with Crippen molar-refractivity contribution in [1.29, 1.82) is 0 Å². The van der Waals surface area contributed by atoms with Crippen molar-refractivity contribution in [3.63, 3.8) is 0 Å². The molecule has 0 spiro atoms. The van der Waals surface area contributed by atoms with Crippen LogP contribution < -0.4 is 11.1 Å². The minimum absolute atomic E-state index is 0.0119. The molecule has 0 heterocycles. The van der Waals surface area contributed by atoms with Gasteiger partial charge in [0.25, 0.3) is 0 Å². The second-order valence-corrected chi connectivity index (χ2v) is 5.05. The lowest BCUT2D eigenvalue weighted by Gasteiger charge is -2.20. The van der Waals surface area contributed by atoms with Gasteiger partial charge in [0.05, 0.1) is 6.04 Å². The second kappa shape index (κ2) is 6.28. The van der Waals surface area contributed by atoms with Gasteiger partial charge in [-0.3, -0.25) is 0 Å². The van der Waals surface area contributed by atoms with E-state index >= 15 is 0 Å². The molecule has 0 aliphatic rings. The van der Waals surface area contributed by atoms with Crippen LogP contribution in [0.1, 0.15) is 11.6 Å². The molecule has 20 heavy (non-hydrogen) atoms. The molecule has 0 saturated heterocycles. The second-order valence-electron chi connectivity index (χ2n) is 4.20. The summed E-state index contributed by atoms with van der Waals surface area (Å²) in [7, 11) is 0.